The lowest BCUT2D eigenvalue weighted by Crippen LogP contribution is -2.00. The fraction of sp³-hybridized carbons (Fsp3) is 0. The third kappa shape index (κ3) is 3.07. The quantitative estimate of drug-likeness (QED) is 0.730. The van der Waals surface area contributed by atoms with E-state index in [2.05, 4.69) is 20.9 Å². The van der Waals surface area contributed by atoms with Gasteiger partial charge in [0, 0.05) is 9.86 Å². The van der Waals surface area contributed by atoms with E-state index in [1.807, 2.05) is 54.6 Å². The molecule has 0 saturated carbocycles. The Labute approximate surface area is 136 Å². The highest BCUT2D eigenvalue weighted by Crippen LogP contribution is 2.20. The van der Waals surface area contributed by atoms with Gasteiger partial charge in [-0.3, -0.25) is 0 Å². The Hall–Kier alpha value is -2.46. The van der Waals surface area contributed by atoms with Crippen LogP contribution < -0.4 is 0 Å². The van der Waals surface area contributed by atoms with Gasteiger partial charge in [-0.2, -0.15) is 0 Å². The third-order valence-corrected chi connectivity index (χ3v) is 3.75. The number of hydrogen-bond donors (Lipinski definition) is 1. The molecule has 0 bridgehead atoms. The summed E-state index contributed by atoms with van der Waals surface area (Å²) in [4.78, 5) is 15.9. The Morgan fingerprint density at radius 1 is 1.05 bits per heavy atom. The smallest absolute Gasteiger partial charge is 0.336 e. The number of fused-ring (bicyclic) bond motifs is 1. The average Bonchev–Trinajstić information content (AvgIpc) is 2.52. The van der Waals surface area contributed by atoms with Crippen molar-refractivity contribution in [2.75, 3.05) is 0 Å². The molecule has 0 amide bonds. The molecule has 22 heavy (non-hydrogen) atoms. The number of carboxylic acid groups (broad SMARTS) is 1. The van der Waals surface area contributed by atoms with Gasteiger partial charge in [0.2, 0.25) is 0 Å². The van der Waals surface area contributed by atoms with E-state index in [1.54, 1.807) is 12.1 Å². The summed E-state index contributed by atoms with van der Waals surface area (Å²) < 4.78 is 0.993. The van der Waals surface area contributed by atoms with Gasteiger partial charge in [0.15, 0.2) is 0 Å². The van der Waals surface area contributed by atoms with Crippen LogP contribution in [0, 0.1) is 0 Å². The van der Waals surface area contributed by atoms with E-state index >= 15 is 0 Å². The minimum atomic E-state index is -0.948. The minimum Gasteiger partial charge on any atom is -0.478 e. The maximum Gasteiger partial charge on any atom is 0.336 e. The summed E-state index contributed by atoms with van der Waals surface area (Å²) in [5, 5.41) is 10.0. The fourth-order valence-electron chi connectivity index (χ4n) is 2.25. The van der Waals surface area contributed by atoms with Crippen molar-refractivity contribution in [3.63, 3.8) is 0 Å². The van der Waals surface area contributed by atoms with Crippen LogP contribution in [0.15, 0.2) is 59.1 Å². The standard InChI is InChI=1S/C18H12BrNO2/c19-13-5-3-4-12(10-13)8-9-14-11-16(18(21)22)15-6-1-2-7-17(15)20-14/h1-11H,(H,21,22)/b9-8+. The highest BCUT2D eigenvalue weighted by atomic mass is 79.9. The highest BCUT2D eigenvalue weighted by Gasteiger charge is 2.10. The summed E-state index contributed by atoms with van der Waals surface area (Å²) in [5.41, 5.74) is 2.58. The van der Waals surface area contributed by atoms with E-state index in [9.17, 15) is 9.90 Å². The first-order valence-electron chi connectivity index (χ1n) is 6.70. The molecule has 0 aliphatic carbocycles. The lowest BCUT2D eigenvalue weighted by molar-refractivity contribution is 0.0699. The van der Waals surface area contributed by atoms with Crippen molar-refractivity contribution in [3.05, 3.63) is 75.9 Å². The van der Waals surface area contributed by atoms with E-state index in [1.165, 1.54) is 0 Å². The molecule has 2 aromatic carbocycles. The zero-order chi connectivity index (χ0) is 15.5. The van der Waals surface area contributed by atoms with Gasteiger partial charge in [-0.05, 0) is 35.9 Å². The topological polar surface area (TPSA) is 50.2 Å². The number of rotatable bonds is 3. The van der Waals surface area contributed by atoms with Gasteiger partial charge >= 0.3 is 5.97 Å². The van der Waals surface area contributed by atoms with E-state index in [4.69, 9.17) is 0 Å². The molecule has 1 N–H and O–H groups in total. The Balaban J connectivity index is 2.06. The molecule has 3 aromatic rings. The molecule has 0 aliphatic rings. The molecular formula is C18H12BrNO2. The first-order valence-corrected chi connectivity index (χ1v) is 7.49. The molecule has 1 heterocycles. The van der Waals surface area contributed by atoms with Crippen LogP contribution in [0.3, 0.4) is 0 Å². The molecule has 0 aliphatic heterocycles. The van der Waals surface area contributed by atoms with Gasteiger partial charge in [0.1, 0.15) is 0 Å². The van der Waals surface area contributed by atoms with Crippen LogP contribution in [0.5, 0.6) is 0 Å². The van der Waals surface area contributed by atoms with Gasteiger partial charge in [-0.1, -0.05) is 52.3 Å². The van der Waals surface area contributed by atoms with Crippen molar-refractivity contribution in [3.8, 4) is 0 Å². The predicted molar refractivity (Wildman–Crippen MR) is 91.8 cm³/mol. The van der Waals surface area contributed by atoms with Crippen LogP contribution in [0.25, 0.3) is 23.1 Å². The second kappa shape index (κ2) is 6.12. The van der Waals surface area contributed by atoms with Gasteiger partial charge in [0.05, 0.1) is 16.8 Å². The normalized spacial score (nSPS) is 11.1. The second-order valence-electron chi connectivity index (χ2n) is 4.81. The fourth-order valence-corrected chi connectivity index (χ4v) is 2.67. The Bertz CT molecular complexity index is 887. The summed E-state index contributed by atoms with van der Waals surface area (Å²) in [6.07, 6.45) is 3.73. The monoisotopic (exact) mass is 353 g/mol. The SMILES string of the molecule is O=C(O)c1cc(/C=C/c2cccc(Br)c2)nc2ccccc12. The number of aromatic nitrogens is 1. The van der Waals surface area contributed by atoms with Crippen molar-refractivity contribution in [2.45, 2.75) is 0 Å². The molecule has 1 aromatic heterocycles. The van der Waals surface area contributed by atoms with Crippen molar-refractivity contribution >= 4 is 45.0 Å². The number of carboxylic acids is 1. The Kier molecular flexibility index (Phi) is 4.02. The second-order valence-corrected chi connectivity index (χ2v) is 5.72. The first-order chi connectivity index (χ1) is 10.6. The molecular weight excluding hydrogens is 342 g/mol. The Morgan fingerprint density at radius 3 is 2.64 bits per heavy atom. The zero-order valence-corrected chi connectivity index (χ0v) is 13.1. The van der Waals surface area contributed by atoms with Crippen LogP contribution >= 0.6 is 15.9 Å². The van der Waals surface area contributed by atoms with E-state index in [-0.39, 0.29) is 5.56 Å². The molecule has 0 spiro atoms. The third-order valence-electron chi connectivity index (χ3n) is 3.26. The summed E-state index contributed by atoms with van der Waals surface area (Å²) in [5.74, 6) is -0.948. The summed E-state index contributed by atoms with van der Waals surface area (Å²) >= 11 is 3.42. The minimum absolute atomic E-state index is 0.263. The summed E-state index contributed by atoms with van der Waals surface area (Å²) in [6.45, 7) is 0. The number of halogens is 1. The highest BCUT2D eigenvalue weighted by molar-refractivity contribution is 9.10. The number of carbonyl (C=O) groups is 1. The molecule has 3 nitrogen and oxygen atoms in total. The average molecular weight is 354 g/mol. The van der Waals surface area contributed by atoms with E-state index < -0.39 is 5.97 Å². The number of hydrogen-bond acceptors (Lipinski definition) is 2. The molecule has 0 saturated heterocycles. The molecule has 0 unspecified atom stereocenters. The molecule has 3 rings (SSSR count). The molecule has 0 radical (unpaired) electrons. The maximum absolute atomic E-state index is 11.4. The van der Waals surface area contributed by atoms with Crippen LogP contribution in [0.1, 0.15) is 21.6 Å². The molecule has 0 atom stereocenters. The molecule has 4 heteroatoms. The Morgan fingerprint density at radius 2 is 1.86 bits per heavy atom. The zero-order valence-electron chi connectivity index (χ0n) is 11.5. The molecule has 108 valence electrons. The van der Waals surface area contributed by atoms with Gasteiger partial charge in [0.25, 0.3) is 0 Å². The number of benzene rings is 2. The first kappa shape index (κ1) is 14.5. The number of pyridine rings is 1. The lowest BCUT2D eigenvalue weighted by atomic mass is 10.1. The van der Waals surface area contributed by atoms with Crippen LogP contribution in [0.2, 0.25) is 0 Å². The summed E-state index contributed by atoms with van der Waals surface area (Å²) in [6, 6.07) is 16.7. The van der Waals surface area contributed by atoms with E-state index in [0.717, 1.165) is 10.0 Å². The van der Waals surface area contributed by atoms with Gasteiger partial charge in [-0.15, -0.1) is 0 Å². The summed E-state index contributed by atoms with van der Waals surface area (Å²) in [7, 11) is 0. The van der Waals surface area contributed by atoms with Crippen LogP contribution in [-0.2, 0) is 0 Å². The van der Waals surface area contributed by atoms with Crippen molar-refractivity contribution < 1.29 is 9.90 Å². The van der Waals surface area contributed by atoms with E-state index in [0.29, 0.717) is 16.6 Å². The largest absolute Gasteiger partial charge is 0.478 e. The van der Waals surface area contributed by atoms with Crippen LogP contribution in [0.4, 0.5) is 0 Å². The number of para-hydroxylation sites is 1. The number of aromatic carboxylic acids is 1. The van der Waals surface area contributed by atoms with Gasteiger partial charge in [-0.25, -0.2) is 9.78 Å². The molecule has 0 fully saturated rings. The number of nitrogens with zero attached hydrogens (tertiary/aromatic N) is 1. The van der Waals surface area contributed by atoms with Crippen molar-refractivity contribution in [1.82, 2.24) is 4.98 Å². The predicted octanol–water partition coefficient (Wildman–Crippen LogP) is 4.87. The van der Waals surface area contributed by atoms with Crippen molar-refractivity contribution in [1.29, 1.82) is 0 Å². The van der Waals surface area contributed by atoms with Gasteiger partial charge < -0.3 is 5.11 Å². The van der Waals surface area contributed by atoms with Crippen LogP contribution in [-0.4, -0.2) is 16.1 Å². The van der Waals surface area contributed by atoms with Crippen molar-refractivity contribution in [2.24, 2.45) is 0 Å². The maximum atomic E-state index is 11.4. The lowest BCUT2D eigenvalue weighted by Gasteiger charge is -2.04.